The average molecular weight is 1200 g/mol. The van der Waals surface area contributed by atoms with Crippen LogP contribution in [0.5, 0.6) is 0 Å². The van der Waals surface area contributed by atoms with E-state index in [-0.39, 0.29) is 55.7 Å². The molecule has 6 aromatic rings. The molecular weight excluding hydrogens is 1120 g/mol. The SMILES string of the molecule is CNC(=O)NC(CCN)C(=O)NC(CCC(Cc1ccccc1)NC(=O)OCc1cncs1)Cc1ccccc1.CNC(=O)NC(CCN1CCOCC1)C(=O)NC(CCC(Cc1ccccc1)NC(=O)OCc1cccs1)Cc1ccccc1. The van der Waals surface area contributed by atoms with Gasteiger partial charge in [0.2, 0.25) is 11.8 Å². The van der Waals surface area contributed by atoms with E-state index in [1.165, 1.54) is 25.4 Å². The van der Waals surface area contributed by atoms with Crippen molar-refractivity contribution in [1.29, 1.82) is 0 Å². The molecule has 0 radical (unpaired) electrons. The first-order valence-electron chi connectivity index (χ1n) is 28.9. The lowest BCUT2D eigenvalue weighted by atomic mass is 9.95. The van der Waals surface area contributed by atoms with Crippen LogP contribution in [0.25, 0.3) is 0 Å². The fourth-order valence-electron chi connectivity index (χ4n) is 9.60. The topological polar surface area (TPSA) is 268 Å². The van der Waals surface area contributed by atoms with E-state index in [4.69, 9.17) is 19.9 Å². The molecule has 0 saturated carbocycles. The Kier molecular flexibility index (Phi) is 29.7. The van der Waals surface area contributed by atoms with Gasteiger partial charge in [-0.1, -0.05) is 127 Å². The van der Waals surface area contributed by atoms with Crippen LogP contribution >= 0.6 is 22.7 Å². The Balaban J connectivity index is 0.000000274. The van der Waals surface area contributed by atoms with Gasteiger partial charge in [0.15, 0.2) is 0 Å². The Morgan fingerprint density at radius 2 is 0.929 bits per heavy atom. The van der Waals surface area contributed by atoms with Crippen LogP contribution < -0.4 is 48.3 Å². The highest BCUT2D eigenvalue weighted by Crippen LogP contribution is 2.18. The van der Waals surface area contributed by atoms with Gasteiger partial charge in [-0.15, -0.1) is 22.7 Å². The van der Waals surface area contributed by atoms with Gasteiger partial charge in [-0.05, 0) is 104 Å². The summed E-state index contributed by atoms with van der Waals surface area (Å²) in [6.45, 7) is 4.23. The van der Waals surface area contributed by atoms with E-state index in [2.05, 4.69) is 52.4 Å². The highest BCUT2D eigenvalue weighted by molar-refractivity contribution is 7.10. The molecule has 10 N–H and O–H groups in total. The zero-order chi connectivity index (χ0) is 60.3. The van der Waals surface area contributed by atoms with Crippen molar-refractivity contribution in [3.05, 3.63) is 183 Å². The number of nitrogens with one attached hydrogen (secondary N) is 8. The lowest BCUT2D eigenvalue weighted by Crippen LogP contribution is -2.53. The van der Waals surface area contributed by atoms with Crippen LogP contribution in [0, 0.1) is 0 Å². The number of nitrogens with two attached hydrogens (primary N) is 1. The fourth-order valence-corrected chi connectivity index (χ4v) is 10.7. The second-order valence-electron chi connectivity index (χ2n) is 20.6. The number of ether oxygens (including phenoxy) is 3. The van der Waals surface area contributed by atoms with E-state index in [0.29, 0.717) is 84.0 Å². The Morgan fingerprint density at radius 3 is 1.31 bits per heavy atom. The zero-order valence-corrected chi connectivity index (χ0v) is 50.2. The summed E-state index contributed by atoms with van der Waals surface area (Å²) in [6.07, 6.45) is 6.33. The first kappa shape index (κ1) is 66.3. The van der Waals surface area contributed by atoms with Gasteiger partial charge < -0.3 is 62.5 Å². The van der Waals surface area contributed by atoms with Gasteiger partial charge in [0.1, 0.15) is 25.3 Å². The number of urea groups is 2. The number of carbonyl (C=O) groups excluding carboxylic acids is 6. The van der Waals surface area contributed by atoms with Crippen LogP contribution in [0.2, 0.25) is 0 Å². The predicted molar refractivity (Wildman–Crippen MR) is 332 cm³/mol. The minimum Gasteiger partial charge on any atom is -0.444 e. The lowest BCUT2D eigenvalue weighted by Gasteiger charge is -2.29. The van der Waals surface area contributed by atoms with Crippen LogP contribution in [0.3, 0.4) is 0 Å². The number of nitrogens with zero attached hydrogens (tertiary/aromatic N) is 2. The van der Waals surface area contributed by atoms with E-state index in [9.17, 15) is 28.8 Å². The first-order chi connectivity index (χ1) is 41.4. The number of hydrogen-bond acceptors (Lipinski definition) is 14. The molecule has 3 heterocycles. The van der Waals surface area contributed by atoms with E-state index in [1.807, 2.05) is 139 Å². The summed E-state index contributed by atoms with van der Waals surface area (Å²) in [7, 11) is 3.03. The Morgan fingerprint density at radius 1 is 0.518 bits per heavy atom. The molecule has 20 nitrogen and oxygen atoms in total. The van der Waals surface area contributed by atoms with E-state index in [1.54, 1.807) is 23.0 Å². The molecule has 7 rings (SSSR count). The zero-order valence-electron chi connectivity index (χ0n) is 48.6. The monoisotopic (exact) mass is 1200 g/mol. The number of rotatable bonds is 31. The number of thiazole rings is 1. The van der Waals surface area contributed by atoms with E-state index >= 15 is 0 Å². The van der Waals surface area contributed by atoms with Gasteiger partial charge in [-0.2, -0.15) is 0 Å². The van der Waals surface area contributed by atoms with Gasteiger partial charge in [0, 0.05) is 69.0 Å². The minimum atomic E-state index is -0.761. The Labute approximate surface area is 507 Å². The summed E-state index contributed by atoms with van der Waals surface area (Å²) < 4.78 is 16.4. The third-order valence-electron chi connectivity index (χ3n) is 14.1. The van der Waals surface area contributed by atoms with Crippen molar-refractivity contribution in [2.45, 2.75) is 114 Å². The minimum absolute atomic E-state index is 0.155. The number of morpholine rings is 1. The largest absolute Gasteiger partial charge is 0.444 e. The summed E-state index contributed by atoms with van der Waals surface area (Å²) in [5, 5.41) is 24.9. The highest BCUT2D eigenvalue weighted by atomic mass is 32.1. The Hall–Kier alpha value is -7.89. The van der Waals surface area contributed by atoms with Crippen molar-refractivity contribution in [2.75, 3.05) is 53.5 Å². The number of benzene rings is 4. The van der Waals surface area contributed by atoms with Gasteiger partial charge in [0.05, 0.1) is 23.6 Å². The van der Waals surface area contributed by atoms with Crippen LogP contribution in [0.15, 0.2) is 151 Å². The van der Waals surface area contributed by atoms with Gasteiger partial charge in [-0.25, -0.2) is 19.2 Å². The molecular formula is C63H83N11O9S2. The van der Waals surface area contributed by atoms with Gasteiger partial charge in [0.25, 0.3) is 0 Å². The summed E-state index contributed by atoms with van der Waals surface area (Å²) in [5.41, 5.74) is 11.7. The molecule has 0 aliphatic carbocycles. The average Bonchev–Trinajstić information content (AvgIpc) is 4.35. The number of carbonyl (C=O) groups is 6. The molecule has 1 aliphatic rings. The van der Waals surface area contributed by atoms with Gasteiger partial charge >= 0.3 is 24.2 Å². The molecule has 2 aromatic heterocycles. The maximum Gasteiger partial charge on any atom is 0.407 e. The molecule has 1 aliphatic heterocycles. The van der Waals surface area contributed by atoms with Crippen molar-refractivity contribution in [2.24, 2.45) is 5.73 Å². The number of alkyl carbamates (subject to hydrolysis) is 2. The number of amides is 8. The second-order valence-corrected chi connectivity index (χ2v) is 22.6. The molecule has 6 unspecified atom stereocenters. The third kappa shape index (κ3) is 26.3. The molecule has 456 valence electrons. The van der Waals surface area contributed by atoms with Crippen LogP contribution in [0.4, 0.5) is 19.2 Å². The normalized spacial score (nSPS) is 14.2. The standard InChI is InChI=1S/C34H45N5O5S.C29H38N6O4S/c1-35-33(41)38-31(16-17-39-18-20-43-21-19-39)32(40)36-28(23-26-9-4-2-5-10-26)14-15-29(24-27-11-6-3-7-12-27)37-34(42)44-25-30-13-8-22-45-30;1-31-28(37)35-26(14-15-30)27(36)33-23(16-21-8-4-2-5-9-21)12-13-24(17-22-10-6-3-7-11-22)34-29(38)39-19-25-18-32-20-40-25/h2-13,22,28-29,31H,14-21,23-25H2,1H3,(H,36,40)(H,37,42)(H2,35,38,41);2-11,18,20,23-24,26H,12-17,19,30H2,1H3,(H,33,36)(H,34,38)(H2,31,35,37). The second kappa shape index (κ2) is 38.1. The molecule has 1 saturated heterocycles. The number of thiophene rings is 1. The van der Waals surface area contributed by atoms with Crippen molar-refractivity contribution in [1.82, 2.24) is 52.4 Å². The fraction of sp³-hybridized carbons (Fsp3) is 0.413. The van der Waals surface area contributed by atoms with Crippen LogP contribution in [-0.4, -0.2) is 136 Å². The van der Waals surface area contributed by atoms with Crippen LogP contribution in [0.1, 0.15) is 70.5 Å². The number of hydrogen-bond donors (Lipinski definition) is 9. The molecule has 1 fully saturated rings. The molecule has 0 spiro atoms. The van der Waals surface area contributed by atoms with Crippen LogP contribution in [-0.2, 0) is 62.7 Å². The van der Waals surface area contributed by atoms with Crippen molar-refractivity contribution >= 4 is 58.7 Å². The molecule has 8 amide bonds. The van der Waals surface area contributed by atoms with Crippen molar-refractivity contribution in [3.8, 4) is 0 Å². The predicted octanol–water partition coefficient (Wildman–Crippen LogP) is 7.25. The highest BCUT2D eigenvalue weighted by Gasteiger charge is 2.27. The molecule has 0 bridgehead atoms. The molecule has 85 heavy (non-hydrogen) atoms. The Bertz CT molecular complexity index is 2840. The third-order valence-corrected chi connectivity index (χ3v) is 15.7. The summed E-state index contributed by atoms with van der Waals surface area (Å²) in [4.78, 5) is 84.6. The summed E-state index contributed by atoms with van der Waals surface area (Å²) >= 11 is 2.97. The molecule has 22 heteroatoms. The lowest BCUT2D eigenvalue weighted by molar-refractivity contribution is -0.124. The smallest absolute Gasteiger partial charge is 0.407 e. The quantitative estimate of drug-likeness (QED) is 0.0208. The van der Waals surface area contributed by atoms with Crippen molar-refractivity contribution < 1.29 is 43.0 Å². The van der Waals surface area contributed by atoms with E-state index in [0.717, 1.165) is 45.1 Å². The summed E-state index contributed by atoms with van der Waals surface area (Å²) in [6, 6.07) is 40.5. The summed E-state index contributed by atoms with van der Waals surface area (Å²) in [5.74, 6) is -0.526. The first-order valence-corrected chi connectivity index (χ1v) is 30.7. The van der Waals surface area contributed by atoms with Gasteiger partial charge in [-0.3, -0.25) is 19.5 Å². The van der Waals surface area contributed by atoms with Crippen molar-refractivity contribution in [3.63, 3.8) is 0 Å². The van der Waals surface area contributed by atoms with E-state index < -0.39 is 36.3 Å². The molecule has 4 aromatic carbocycles. The maximum atomic E-state index is 13.7. The number of aromatic nitrogens is 1. The maximum absolute atomic E-state index is 13.7. The molecule has 6 atom stereocenters.